The van der Waals surface area contributed by atoms with Gasteiger partial charge in [-0.1, -0.05) is 18.2 Å². The van der Waals surface area contributed by atoms with E-state index in [4.69, 9.17) is 5.26 Å². The van der Waals surface area contributed by atoms with Crippen LogP contribution in [0.15, 0.2) is 51.8 Å². The third kappa shape index (κ3) is 3.78. The van der Waals surface area contributed by atoms with E-state index in [2.05, 4.69) is 21.2 Å². The maximum Gasteiger partial charge on any atom is 0.266 e. The summed E-state index contributed by atoms with van der Waals surface area (Å²) in [5.41, 5.74) is 0.749. The monoisotopic (exact) mass is 332 g/mol. The van der Waals surface area contributed by atoms with Crippen LogP contribution in [0.5, 0.6) is 0 Å². The maximum absolute atomic E-state index is 11.9. The summed E-state index contributed by atoms with van der Waals surface area (Å²) in [6.07, 6.45) is 1.58. The van der Waals surface area contributed by atoms with Crippen molar-refractivity contribution in [1.82, 2.24) is 0 Å². The number of hydrogen-bond acceptors (Lipinski definition) is 3. The van der Waals surface area contributed by atoms with Gasteiger partial charge in [0.15, 0.2) is 0 Å². The van der Waals surface area contributed by atoms with Crippen molar-refractivity contribution in [2.24, 2.45) is 0 Å². The van der Waals surface area contributed by atoms with Crippen LogP contribution in [0.4, 0.5) is 5.69 Å². The smallest absolute Gasteiger partial charge is 0.266 e. The molecule has 0 radical (unpaired) electrons. The molecule has 0 spiro atoms. The molecule has 0 aliphatic carbocycles. The summed E-state index contributed by atoms with van der Waals surface area (Å²) in [6.45, 7) is 0. The van der Waals surface area contributed by atoms with Crippen LogP contribution in [0.25, 0.3) is 6.08 Å². The van der Waals surface area contributed by atoms with E-state index < -0.39 is 5.91 Å². The van der Waals surface area contributed by atoms with Crippen LogP contribution in [0.3, 0.4) is 0 Å². The van der Waals surface area contributed by atoms with Gasteiger partial charge in [-0.25, -0.2) is 0 Å². The molecule has 2 aromatic rings. The number of nitriles is 1. The number of benzene rings is 1. The fraction of sp³-hybridized carbons (Fsp3) is 0. The molecule has 3 nitrogen and oxygen atoms in total. The number of amides is 1. The number of thiophene rings is 1. The molecule has 1 amide bonds. The number of nitrogens with one attached hydrogen (secondary N) is 1. The number of rotatable bonds is 3. The number of halogens is 1. The molecule has 0 atom stereocenters. The second kappa shape index (κ2) is 6.32. The first-order valence-electron chi connectivity index (χ1n) is 5.42. The van der Waals surface area contributed by atoms with Gasteiger partial charge in [0.05, 0.1) is 3.79 Å². The van der Waals surface area contributed by atoms with Crippen LogP contribution in [-0.2, 0) is 4.79 Å². The normalized spacial score (nSPS) is 10.8. The van der Waals surface area contributed by atoms with E-state index in [1.165, 1.54) is 11.3 Å². The second-order valence-electron chi connectivity index (χ2n) is 3.63. The lowest BCUT2D eigenvalue weighted by molar-refractivity contribution is -0.112. The topological polar surface area (TPSA) is 52.9 Å². The summed E-state index contributed by atoms with van der Waals surface area (Å²) in [7, 11) is 0. The van der Waals surface area contributed by atoms with E-state index in [0.29, 0.717) is 5.69 Å². The van der Waals surface area contributed by atoms with Crippen molar-refractivity contribution < 1.29 is 4.79 Å². The van der Waals surface area contributed by atoms with Crippen molar-refractivity contribution in [2.75, 3.05) is 5.32 Å². The van der Waals surface area contributed by atoms with Gasteiger partial charge in [-0.05, 0) is 46.3 Å². The van der Waals surface area contributed by atoms with Gasteiger partial charge in [0.1, 0.15) is 11.6 Å². The molecular formula is C14H9BrN2OS. The SMILES string of the molecule is N#C/C(=C/c1ccc(Br)s1)C(=O)Nc1ccccc1. The average Bonchev–Trinajstić information content (AvgIpc) is 2.82. The molecule has 0 bridgehead atoms. The summed E-state index contributed by atoms with van der Waals surface area (Å²) in [4.78, 5) is 12.8. The maximum atomic E-state index is 11.9. The predicted molar refractivity (Wildman–Crippen MR) is 80.7 cm³/mol. The second-order valence-corrected chi connectivity index (χ2v) is 6.13. The highest BCUT2D eigenvalue weighted by Crippen LogP contribution is 2.24. The molecule has 5 heteroatoms. The number of para-hydroxylation sites is 1. The van der Waals surface area contributed by atoms with Gasteiger partial charge < -0.3 is 5.32 Å². The highest BCUT2D eigenvalue weighted by atomic mass is 79.9. The summed E-state index contributed by atoms with van der Waals surface area (Å²) in [6, 6.07) is 14.7. The van der Waals surface area contributed by atoms with Gasteiger partial charge in [0.25, 0.3) is 5.91 Å². The fourth-order valence-electron chi connectivity index (χ4n) is 1.42. The zero-order valence-corrected chi connectivity index (χ0v) is 12.2. The van der Waals surface area contributed by atoms with Crippen molar-refractivity contribution in [3.8, 4) is 6.07 Å². The van der Waals surface area contributed by atoms with Gasteiger partial charge in [0, 0.05) is 10.6 Å². The third-order valence-electron chi connectivity index (χ3n) is 2.28. The summed E-state index contributed by atoms with van der Waals surface area (Å²) >= 11 is 4.80. The molecule has 0 fully saturated rings. The fourth-order valence-corrected chi connectivity index (χ4v) is 2.78. The Morgan fingerprint density at radius 2 is 2.00 bits per heavy atom. The van der Waals surface area contributed by atoms with Crippen molar-refractivity contribution in [1.29, 1.82) is 5.26 Å². The lowest BCUT2D eigenvalue weighted by atomic mass is 10.2. The molecule has 0 aliphatic rings. The van der Waals surface area contributed by atoms with Crippen LogP contribution in [0.1, 0.15) is 4.88 Å². The Kier molecular flexibility index (Phi) is 4.50. The van der Waals surface area contributed by atoms with Crippen molar-refractivity contribution >= 4 is 44.9 Å². The number of nitrogens with zero attached hydrogens (tertiary/aromatic N) is 1. The van der Waals surface area contributed by atoms with Crippen molar-refractivity contribution in [2.45, 2.75) is 0 Å². The number of anilines is 1. The van der Waals surface area contributed by atoms with Crippen LogP contribution < -0.4 is 5.32 Å². The molecule has 0 aliphatic heterocycles. The highest BCUT2D eigenvalue weighted by Gasteiger charge is 2.09. The number of hydrogen-bond donors (Lipinski definition) is 1. The number of carbonyl (C=O) groups excluding carboxylic acids is 1. The van der Waals surface area contributed by atoms with E-state index >= 15 is 0 Å². The Hall–Kier alpha value is -1.90. The van der Waals surface area contributed by atoms with E-state index in [1.54, 1.807) is 18.2 Å². The average molecular weight is 333 g/mol. The minimum absolute atomic E-state index is 0.0817. The Bertz CT molecular complexity index is 656. The Morgan fingerprint density at radius 3 is 2.58 bits per heavy atom. The molecule has 0 saturated carbocycles. The predicted octanol–water partition coefficient (Wildman–Crippen LogP) is 4.06. The standard InChI is InChI=1S/C14H9BrN2OS/c15-13-7-6-12(19-13)8-10(9-16)14(18)17-11-4-2-1-3-5-11/h1-8H,(H,17,18)/b10-8-. The van der Waals surface area contributed by atoms with Gasteiger partial charge in [-0.2, -0.15) is 5.26 Å². The van der Waals surface area contributed by atoms with Crippen LogP contribution in [-0.4, -0.2) is 5.91 Å². The minimum Gasteiger partial charge on any atom is -0.321 e. The number of carbonyl (C=O) groups is 1. The van der Waals surface area contributed by atoms with E-state index in [9.17, 15) is 4.79 Å². The van der Waals surface area contributed by atoms with Gasteiger partial charge in [-0.15, -0.1) is 11.3 Å². The first-order valence-corrected chi connectivity index (χ1v) is 7.03. The molecule has 19 heavy (non-hydrogen) atoms. The van der Waals surface area contributed by atoms with Gasteiger partial charge >= 0.3 is 0 Å². The van der Waals surface area contributed by atoms with E-state index in [0.717, 1.165) is 8.66 Å². The van der Waals surface area contributed by atoms with E-state index in [-0.39, 0.29) is 5.57 Å². The molecule has 1 aromatic carbocycles. The largest absolute Gasteiger partial charge is 0.321 e. The molecule has 1 N–H and O–H groups in total. The quantitative estimate of drug-likeness (QED) is 0.680. The summed E-state index contributed by atoms with van der Waals surface area (Å²) in [5.74, 6) is -0.404. The zero-order chi connectivity index (χ0) is 13.7. The Morgan fingerprint density at radius 1 is 1.26 bits per heavy atom. The Balaban J connectivity index is 2.16. The molecule has 1 aromatic heterocycles. The molecule has 2 rings (SSSR count). The molecule has 0 saturated heterocycles. The molecule has 1 heterocycles. The molecule has 0 unspecified atom stereocenters. The third-order valence-corrected chi connectivity index (χ3v) is 3.85. The summed E-state index contributed by atoms with van der Waals surface area (Å²) in [5, 5.41) is 11.7. The van der Waals surface area contributed by atoms with Gasteiger partial charge in [-0.3, -0.25) is 4.79 Å². The van der Waals surface area contributed by atoms with Crippen molar-refractivity contribution in [3.05, 3.63) is 56.7 Å². The van der Waals surface area contributed by atoms with Gasteiger partial charge in [0.2, 0.25) is 0 Å². The lowest BCUT2D eigenvalue weighted by Crippen LogP contribution is -2.13. The molecular weight excluding hydrogens is 324 g/mol. The van der Waals surface area contributed by atoms with Crippen LogP contribution >= 0.6 is 27.3 Å². The van der Waals surface area contributed by atoms with Crippen molar-refractivity contribution in [3.63, 3.8) is 0 Å². The lowest BCUT2D eigenvalue weighted by Gasteiger charge is -2.02. The minimum atomic E-state index is -0.404. The molecule has 94 valence electrons. The summed E-state index contributed by atoms with van der Waals surface area (Å²) < 4.78 is 0.958. The Labute approximate surface area is 123 Å². The van der Waals surface area contributed by atoms with Crippen LogP contribution in [0, 0.1) is 11.3 Å². The first kappa shape index (κ1) is 13.5. The zero-order valence-electron chi connectivity index (χ0n) is 9.76. The van der Waals surface area contributed by atoms with E-state index in [1.807, 2.05) is 36.4 Å². The van der Waals surface area contributed by atoms with Crippen LogP contribution in [0.2, 0.25) is 0 Å². The first-order chi connectivity index (χ1) is 9.19. The highest BCUT2D eigenvalue weighted by molar-refractivity contribution is 9.11.